The van der Waals surface area contributed by atoms with Crippen LogP contribution in [-0.4, -0.2) is 29.0 Å². The molecule has 0 saturated heterocycles. The Bertz CT molecular complexity index is 1300. The van der Waals surface area contributed by atoms with Crippen molar-refractivity contribution in [3.8, 4) is 11.3 Å². The molecule has 182 valence electrons. The number of carbonyl (C=O) groups excluding carboxylic acids is 2. The van der Waals surface area contributed by atoms with Crippen LogP contribution in [0.15, 0.2) is 58.0 Å². The van der Waals surface area contributed by atoms with Gasteiger partial charge in [0.2, 0.25) is 0 Å². The molecule has 0 aliphatic rings. The molecule has 0 unspecified atom stereocenters. The van der Waals surface area contributed by atoms with Crippen LogP contribution in [0.4, 0.5) is 5.69 Å². The molecule has 2 aromatic carbocycles. The molecule has 9 nitrogen and oxygen atoms in total. The van der Waals surface area contributed by atoms with Gasteiger partial charge in [-0.05, 0) is 54.8 Å². The first-order valence-corrected chi connectivity index (χ1v) is 11.3. The second-order valence-electron chi connectivity index (χ2n) is 8.01. The van der Waals surface area contributed by atoms with E-state index in [1.165, 1.54) is 36.5 Å². The second kappa shape index (κ2) is 11.2. The zero-order chi connectivity index (χ0) is 25.7. The Kier molecular flexibility index (Phi) is 8.26. The summed E-state index contributed by atoms with van der Waals surface area (Å²) in [5.41, 5.74) is 3.97. The molecule has 0 saturated carbocycles. The van der Waals surface area contributed by atoms with Crippen LogP contribution < -0.4 is 10.7 Å². The third kappa shape index (κ3) is 6.46. The molecule has 0 radical (unpaired) electrons. The van der Waals surface area contributed by atoms with Gasteiger partial charge in [-0.3, -0.25) is 19.7 Å². The first-order valence-electron chi connectivity index (χ1n) is 10.5. The van der Waals surface area contributed by atoms with E-state index in [2.05, 4.69) is 15.8 Å². The van der Waals surface area contributed by atoms with E-state index in [0.29, 0.717) is 27.7 Å². The molecule has 1 atom stereocenters. The van der Waals surface area contributed by atoms with E-state index in [-0.39, 0.29) is 22.2 Å². The summed E-state index contributed by atoms with van der Waals surface area (Å²) in [6.07, 6.45) is 1.32. The van der Waals surface area contributed by atoms with E-state index in [1.807, 2.05) is 0 Å². The van der Waals surface area contributed by atoms with Crippen molar-refractivity contribution in [2.24, 2.45) is 11.0 Å². The molecule has 2 N–H and O–H groups in total. The van der Waals surface area contributed by atoms with Gasteiger partial charge in [0, 0.05) is 22.7 Å². The standard InChI is InChI=1S/C24H22Cl2N4O5/c1-13(2)22(28-23(31)19-7-4-15(25)11-20(19)26)24(32)29-27-12-17-6-9-21(35-17)18-8-5-16(30(33)34)10-14(18)3/h4-13,22H,1-3H3,(H,28,31)(H,29,32)/b27-12-/t22-/m1/s1. The molecule has 3 rings (SSSR count). The van der Waals surface area contributed by atoms with Crippen molar-refractivity contribution < 1.29 is 18.9 Å². The maximum absolute atomic E-state index is 12.7. The lowest BCUT2D eigenvalue weighted by atomic mass is 10.0. The lowest BCUT2D eigenvalue weighted by Crippen LogP contribution is -2.48. The highest BCUT2D eigenvalue weighted by Gasteiger charge is 2.25. The highest BCUT2D eigenvalue weighted by Crippen LogP contribution is 2.28. The molecule has 11 heteroatoms. The maximum Gasteiger partial charge on any atom is 0.269 e. The molecule has 0 aliphatic carbocycles. The van der Waals surface area contributed by atoms with Crippen molar-refractivity contribution >= 4 is 46.9 Å². The van der Waals surface area contributed by atoms with Gasteiger partial charge in [-0.25, -0.2) is 5.43 Å². The summed E-state index contributed by atoms with van der Waals surface area (Å²) in [6.45, 7) is 5.31. The number of carbonyl (C=O) groups is 2. The van der Waals surface area contributed by atoms with Crippen molar-refractivity contribution in [1.29, 1.82) is 0 Å². The molecular formula is C24H22Cl2N4O5. The van der Waals surface area contributed by atoms with Gasteiger partial charge in [0.05, 0.1) is 21.7 Å². The van der Waals surface area contributed by atoms with Crippen LogP contribution in [0.2, 0.25) is 10.0 Å². The Hall–Kier alpha value is -3.69. The van der Waals surface area contributed by atoms with Crippen molar-refractivity contribution in [2.75, 3.05) is 0 Å². The second-order valence-corrected chi connectivity index (χ2v) is 8.86. The largest absolute Gasteiger partial charge is 0.455 e. The van der Waals surface area contributed by atoms with E-state index in [4.69, 9.17) is 27.6 Å². The smallest absolute Gasteiger partial charge is 0.269 e. The number of nitrogens with zero attached hydrogens (tertiary/aromatic N) is 2. The first-order chi connectivity index (χ1) is 16.6. The van der Waals surface area contributed by atoms with Gasteiger partial charge in [0.1, 0.15) is 17.6 Å². The van der Waals surface area contributed by atoms with Gasteiger partial charge < -0.3 is 9.73 Å². The number of amides is 2. The average Bonchev–Trinajstić information content (AvgIpc) is 3.25. The van der Waals surface area contributed by atoms with E-state index in [1.54, 1.807) is 39.0 Å². The number of aryl methyl sites for hydroxylation is 1. The van der Waals surface area contributed by atoms with Gasteiger partial charge in [-0.2, -0.15) is 5.10 Å². The predicted molar refractivity (Wildman–Crippen MR) is 134 cm³/mol. The minimum absolute atomic E-state index is 0.00700. The van der Waals surface area contributed by atoms with E-state index >= 15 is 0 Å². The highest BCUT2D eigenvalue weighted by atomic mass is 35.5. The fraction of sp³-hybridized carbons (Fsp3) is 0.208. The number of furan rings is 1. The maximum atomic E-state index is 12.7. The van der Waals surface area contributed by atoms with Crippen LogP contribution in [0, 0.1) is 23.0 Å². The van der Waals surface area contributed by atoms with E-state index in [0.717, 1.165) is 0 Å². The molecule has 0 bridgehead atoms. The third-order valence-electron chi connectivity index (χ3n) is 5.09. The zero-order valence-electron chi connectivity index (χ0n) is 19.0. The van der Waals surface area contributed by atoms with Crippen LogP contribution in [0.25, 0.3) is 11.3 Å². The number of rotatable bonds is 8. The minimum Gasteiger partial charge on any atom is -0.455 e. The first kappa shape index (κ1) is 25.9. The lowest BCUT2D eigenvalue weighted by molar-refractivity contribution is -0.384. The number of nitrogens with one attached hydrogen (secondary N) is 2. The molecule has 0 fully saturated rings. The van der Waals surface area contributed by atoms with Gasteiger partial charge in [-0.15, -0.1) is 0 Å². The fourth-order valence-corrected chi connectivity index (χ4v) is 3.76. The fourth-order valence-electron chi connectivity index (χ4n) is 3.26. The van der Waals surface area contributed by atoms with Crippen LogP contribution in [0.1, 0.15) is 35.5 Å². The molecule has 0 spiro atoms. The number of nitro groups is 1. The number of nitro benzene ring substituents is 1. The number of hydrazone groups is 1. The van der Waals surface area contributed by atoms with E-state index < -0.39 is 22.8 Å². The van der Waals surface area contributed by atoms with Crippen molar-refractivity contribution in [2.45, 2.75) is 26.8 Å². The summed E-state index contributed by atoms with van der Waals surface area (Å²) in [7, 11) is 0. The lowest BCUT2D eigenvalue weighted by Gasteiger charge is -2.20. The summed E-state index contributed by atoms with van der Waals surface area (Å²) in [5, 5.41) is 18.1. The number of benzene rings is 2. The molecule has 2 amide bonds. The molecule has 3 aromatic rings. The Morgan fingerprint density at radius 3 is 2.49 bits per heavy atom. The number of non-ortho nitro benzene ring substituents is 1. The molecule has 0 aliphatic heterocycles. The van der Waals surface area contributed by atoms with Crippen LogP contribution in [-0.2, 0) is 4.79 Å². The molecule has 35 heavy (non-hydrogen) atoms. The third-order valence-corrected chi connectivity index (χ3v) is 5.64. The van der Waals surface area contributed by atoms with Crippen molar-refractivity contribution in [3.63, 3.8) is 0 Å². The average molecular weight is 517 g/mol. The van der Waals surface area contributed by atoms with Crippen LogP contribution in [0.5, 0.6) is 0 Å². The minimum atomic E-state index is -0.874. The summed E-state index contributed by atoms with van der Waals surface area (Å²) in [6, 6.07) is 11.4. The molecular weight excluding hydrogens is 495 g/mol. The van der Waals surface area contributed by atoms with Gasteiger partial charge in [-0.1, -0.05) is 37.0 Å². The summed E-state index contributed by atoms with van der Waals surface area (Å²) in [4.78, 5) is 35.7. The zero-order valence-corrected chi connectivity index (χ0v) is 20.6. The van der Waals surface area contributed by atoms with Crippen LogP contribution >= 0.6 is 23.2 Å². The number of hydrogen-bond acceptors (Lipinski definition) is 6. The summed E-state index contributed by atoms with van der Waals surface area (Å²) in [5.74, 6) is -0.416. The monoisotopic (exact) mass is 516 g/mol. The number of hydrogen-bond donors (Lipinski definition) is 2. The quantitative estimate of drug-likeness (QED) is 0.236. The SMILES string of the molecule is Cc1cc([N+](=O)[O-])ccc1-c1ccc(/C=N\NC(=O)[C@H](NC(=O)c2ccc(Cl)cc2Cl)C(C)C)o1. The highest BCUT2D eigenvalue weighted by molar-refractivity contribution is 6.36. The Balaban J connectivity index is 1.66. The molecule has 1 aromatic heterocycles. The summed E-state index contributed by atoms with van der Waals surface area (Å²) >= 11 is 12.0. The van der Waals surface area contributed by atoms with Gasteiger partial charge in [0.25, 0.3) is 17.5 Å². The van der Waals surface area contributed by atoms with Crippen molar-refractivity contribution in [3.05, 3.63) is 85.6 Å². The molecule has 1 heterocycles. The number of halogens is 2. The Morgan fingerprint density at radius 1 is 1.11 bits per heavy atom. The van der Waals surface area contributed by atoms with Crippen molar-refractivity contribution in [1.82, 2.24) is 10.7 Å². The van der Waals surface area contributed by atoms with Crippen LogP contribution in [0.3, 0.4) is 0 Å². The Morgan fingerprint density at radius 2 is 1.86 bits per heavy atom. The topological polar surface area (TPSA) is 127 Å². The predicted octanol–water partition coefficient (Wildman–Crippen LogP) is 5.37. The summed E-state index contributed by atoms with van der Waals surface area (Å²) < 4.78 is 5.72. The normalized spacial score (nSPS) is 12.1. The Labute approximate surface area is 211 Å². The van der Waals surface area contributed by atoms with E-state index in [9.17, 15) is 19.7 Å². The van der Waals surface area contributed by atoms with Gasteiger partial charge in [0.15, 0.2) is 0 Å². The van der Waals surface area contributed by atoms with Gasteiger partial charge >= 0.3 is 0 Å².